The first-order chi connectivity index (χ1) is 9.20. The van der Waals surface area contributed by atoms with Gasteiger partial charge >= 0.3 is 0 Å². The molecule has 0 unspecified atom stereocenters. The molecule has 2 saturated carbocycles. The molecule has 0 amide bonds. The van der Waals surface area contributed by atoms with Crippen LogP contribution in [0.3, 0.4) is 0 Å². The van der Waals surface area contributed by atoms with Crippen molar-refractivity contribution < 1.29 is 5.11 Å². The van der Waals surface area contributed by atoms with Crippen LogP contribution < -0.4 is 0 Å². The Morgan fingerprint density at radius 1 is 1.37 bits per heavy atom. The van der Waals surface area contributed by atoms with Crippen molar-refractivity contribution in [1.29, 1.82) is 0 Å². The van der Waals surface area contributed by atoms with Gasteiger partial charge in [0.2, 0.25) is 0 Å². The zero-order chi connectivity index (χ0) is 13.2. The molecule has 0 atom stereocenters. The summed E-state index contributed by atoms with van der Waals surface area (Å²) in [5, 5.41) is 14.0. The third-order valence-corrected chi connectivity index (χ3v) is 4.57. The monoisotopic (exact) mass is 263 g/mol. The van der Waals surface area contributed by atoms with Crippen LogP contribution in [-0.2, 0) is 6.54 Å². The zero-order valence-corrected chi connectivity index (χ0v) is 11.8. The Labute approximate surface area is 115 Å². The molecular weight excluding hydrogens is 238 g/mol. The summed E-state index contributed by atoms with van der Waals surface area (Å²) >= 11 is 0. The first-order valence-electron chi connectivity index (χ1n) is 7.61. The molecule has 106 valence electrons. The van der Waals surface area contributed by atoms with E-state index in [2.05, 4.69) is 28.9 Å². The average Bonchev–Trinajstić information content (AvgIpc) is 2.96. The lowest BCUT2D eigenvalue weighted by molar-refractivity contribution is 0.0272. The number of nitrogens with zero attached hydrogens (tertiary/aromatic N) is 3. The summed E-state index contributed by atoms with van der Waals surface area (Å²) in [5.74, 6) is 0.678. The van der Waals surface area contributed by atoms with Crippen LogP contribution in [0.5, 0.6) is 0 Å². The Balaban J connectivity index is 1.49. The highest BCUT2D eigenvalue weighted by molar-refractivity contribution is 5.00. The fourth-order valence-electron chi connectivity index (χ4n) is 3.47. The van der Waals surface area contributed by atoms with Crippen molar-refractivity contribution in [1.82, 2.24) is 14.7 Å². The average molecular weight is 263 g/mol. The lowest BCUT2D eigenvalue weighted by atomic mass is 9.82. The molecule has 4 heteroatoms. The van der Waals surface area contributed by atoms with Crippen molar-refractivity contribution in [3.63, 3.8) is 0 Å². The van der Waals surface area contributed by atoms with E-state index in [0.717, 1.165) is 25.9 Å². The fourth-order valence-corrected chi connectivity index (χ4v) is 3.47. The smallest absolute Gasteiger partial charge is 0.0764 e. The number of aromatic nitrogens is 2. The minimum atomic E-state index is -0.0417. The Morgan fingerprint density at radius 3 is 2.79 bits per heavy atom. The molecule has 3 rings (SSSR count). The van der Waals surface area contributed by atoms with E-state index in [4.69, 9.17) is 5.10 Å². The largest absolute Gasteiger partial charge is 0.393 e. The number of hydrogen-bond donors (Lipinski definition) is 1. The lowest BCUT2D eigenvalue weighted by Crippen LogP contribution is -2.36. The van der Waals surface area contributed by atoms with Crippen LogP contribution in [0.1, 0.15) is 50.3 Å². The SMILES string of the molecule is CN(Cc1ccn(C2CCCC2)n1)CC1CC(O)C1. The van der Waals surface area contributed by atoms with E-state index in [9.17, 15) is 5.11 Å². The summed E-state index contributed by atoms with van der Waals surface area (Å²) in [5.41, 5.74) is 1.18. The van der Waals surface area contributed by atoms with Gasteiger partial charge in [0, 0.05) is 19.3 Å². The molecule has 1 N–H and O–H groups in total. The van der Waals surface area contributed by atoms with Gasteiger partial charge in [-0.2, -0.15) is 5.10 Å². The van der Waals surface area contributed by atoms with Crippen molar-refractivity contribution in [3.8, 4) is 0 Å². The second-order valence-electron chi connectivity index (χ2n) is 6.41. The van der Waals surface area contributed by atoms with Gasteiger partial charge < -0.3 is 10.0 Å². The number of aliphatic hydroxyl groups is 1. The third-order valence-electron chi connectivity index (χ3n) is 4.57. The summed E-state index contributed by atoms with van der Waals surface area (Å²) in [7, 11) is 2.15. The maximum atomic E-state index is 9.31. The highest BCUT2D eigenvalue weighted by Gasteiger charge is 2.28. The number of aliphatic hydroxyl groups excluding tert-OH is 1. The molecule has 0 aromatic carbocycles. The van der Waals surface area contributed by atoms with Gasteiger partial charge in [-0.1, -0.05) is 12.8 Å². The Morgan fingerprint density at radius 2 is 2.11 bits per heavy atom. The fraction of sp³-hybridized carbons (Fsp3) is 0.800. The van der Waals surface area contributed by atoms with Crippen LogP contribution >= 0.6 is 0 Å². The highest BCUT2D eigenvalue weighted by atomic mass is 16.3. The second-order valence-corrected chi connectivity index (χ2v) is 6.41. The van der Waals surface area contributed by atoms with Crippen LogP contribution in [-0.4, -0.2) is 39.5 Å². The Kier molecular flexibility index (Phi) is 3.89. The quantitative estimate of drug-likeness (QED) is 0.885. The summed E-state index contributed by atoms with van der Waals surface area (Å²) < 4.78 is 2.17. The molecule has 2 fully saturated rings. The van der Waals surface area contributed by atoms with Gasteiger partial charge in [-0.15, -0.1) is 0 Å². The molecule has 0 radical (unpaired) electrons. The minimum absolute atomic E-state index is 0.0417. The first-order valence-corrected chi connectivity index (χ1v) is 7.61. The van der Waals surface area contributed by atoms with Gasteiger partial charge in [-0.3, -0.25) is 4.68 Å². The highest BCUT2D eigenvalue weighted by Crippen LogP contribution is 2.29. The molecule has 4 nitrogen and oxygen atoms in total. The van der Waals surface area contributed by atoms with Crippen molar-refractivity contribution in [3.05, 3.63) is 18.0 Å². The molecule has 0 bridgehead atoms. The molecule has 1 heterocycles. The predicted molar refractivity (Wildman–Crippen MR) is 74.8 cm³/mol. The van der Waals surface area contributed by atoms with Gasteiger partial charge in [0.15, 0.2) is 0 Å². The van der Waals surface area contributed by atoms with Crippen molar-refractivity contribution in [2.45, 2.75) is 57.2 Å². The molecule has 0 saturated heterocycles. The topological polar surface area (TPSA) is 41.3 Å². The van der Waals surface area contributed by atoms with Crippen molar-refractivity contribution in [2.24, 2.45) is 5.92 Å². The first kappa shape index (κ1) is 13.1. The Bertz CT molecular complexity index is 405. The van der Waals surface area contributed by atoms with Crippen molar-refractivity contribution in [2.75, 3.05) is 13.6 Å². The summed E-state index contributed by atoms with van der Waals surface area (Å²) in [6.45, 7) is 2.00. The summed E-state index contributed by atoms with van der Waals surface area (Å²) in [6.07, 6.45) is 9.33. The molecule has 2 aliphatic rings. The summed E-state index contributed by atoms with van der Waals surface area (Å²) in [6, 6.07) is 2.80. The van der Waals surface area contributed by atoms with E-state index in [1.807, 2.05) is 0 Å². The van der Waals surface area contributed by atoms with Gasteiger partial charge in [0.05, 0.1) is 17.8 Å². The van der Waals surface area contributed by atoms with E-state index in [-0.39, 0.29) is 6.10 Å². The predicted octanol–water partition coefficient (Wildman–Crippen LogP) is 2.20. The molecule has 0 aliphatic heterocycles. The molecule has 2 aliphatic carbocycles. The number of hydrogen-bond acceptors (Lipinski definition) is 3. The minimum Gasteiger partial charge on any atom is -0.393 e. The molecule has 1 aromatic heterocycles. The molecule has 19 heavy (non-hydrogen) atoms. The molecular formula is C15H25N3O. The Hall–Kier alpha value is -0.870. The van der Waals surface area contributed by atoms with Crippen LogP contribution in [0.25, 0.3) is 0 Å². The van der Waals surface area contributed by atoms with Crippen LogP contribution in [0.15, 0.2) is 12.3 Å². The number of rotatable bonds is 5. The van der Waals surface area contributed by atoms with E-state index in [0.29, 0.717) is 12.0 Å². The molecule has 1 aromatic rings. The summed E-state index contributed by atoms with van der Waals surface area (Å²) in [4.78, 5) is 2.33. The second kappa shape index (κ2) is 5.63. The van der Waals surface area contributed by atoms with Crippen LogP contribution in [0, 0.1) is 5.92 Å². The van der Waals surface area contributed by atoms with E-state index in [1.165, 1.54) is 31.4 Å². The third kappa shape index (κ3) is 3.18. The van der Waals surface area contributed by atoms with E-state index in [1.54, 1.807) is 0 Å². The normalized spacial score (nSPS) is 27.9. The van der Waals surface area contributed by atoms with Gasteiger partial charge in [-0.05, 0) is 44.7 Å². The van der Waals surface area contributed by atoms with Gasteiger partial charge in [-0.25, -0.2) is 0 Å². The van der Waals surface area contributed by atoms with Gasteiger partial charge in [0.1, 0.15) is 0 Å². The maximum Gasteiger partial charge on any atom is 0.0764 e. The zero-order valence-electron chi connectivity index (χ0n) is 11.8. The van der Waals surface area contributed by atoms with Crippen molar-refractivity contribution >= 4 is 0 Å². The standard InChI is InChI=1S/C15H25N3O/c1-17(10-12-8-15(19)9-12)11-13-6-7-18(16-13)14-4-2-3-5-14/h6-7,12,14-15,19H,2-5,8-11H2,1H3. The van der Waals surface area contributed by atoms with Crippen LogP contribution in [0.4, 0.5) is 0 Å². The van der Waals surface area contributed by atoms with E-state index < -0.39 is 0 Å². The molecule has 0 spiro atoms. The van der Waals surface area contributed by atoms with Crippen LogP contribution in [0.2, 0.25) is 0 Å². The lowest BCUT2D eigenvalue weighted by Gasteiger charge is -2.34. The van der Waals surface area contributed by atoms with E-state index >= 15 is 0 Å². The maximum absolute atomic E-state index is 9.31. The van der Waals surface area contributed by atoms with Gasteiger partial charge in [0.25, 0.3) is 0 Å².